The summed E-state index contributed by atoms with van der Waals surface area (Å²) < 4.78 is 0. The van der Waals surface area contributed by atoms with Gasteiger partial charge in [0.1, 0.15) is 5.01 Å². The van der Waals surface area contributed by atoms with Crippen LogP contribution in [0.15, 0.2) is 16.7 Å². The molecule has 0 aromatic carbocycles. The van der Waals surface area contributed by atoms with Crippen molar-refractivity contribution in [1.82, 2.24) is 10.3 Å². The molecule has 1 aromatic rings. The van der Waals surface area contributed by atoms with Gasteiger partial charge >= 0.3 is 0 Å². The summed E-state index contributed by atoms with van der Waals surface area (Å²) in [7, 11) is 0. The number of nitrogens with zero attached hydrogens (tertiary/aromatic N) is 2. The fourth-order valence-electron chi connectivity index (χ4n) is 1.07. The third kappa shape index (κ3) is 2.68. The highest BCUT2D eigenvalue weighted by Gasteiger charge is 2.13. The predicted octanol–water partition coefficient (Wildman–Crippen LogP) is 0.929. The van der Waals surface area contributed by atoms with E-state index in [1.54, 1.807) is 17.5 Å². The van der Waals surface area contributed by atoms with Crippen molar-refractivity contribution in [2.24, 2.45) is 10.9 Å². The second-order valence-corrected chi connectivity index (χ2v) is 3.93. The first-order chi connectivity index (χ1) is 6.65. The van der Waals surface area contributed by atoms with E-state index in [0.29, 0.717) is 0 Å². The molecule has 0 aliphatic rings. The maximum atomic E-state index is 8.46. The van der Waals surface area contributed by atoms with Crippen molar-refractivity contribution in [2.75, 3.05) is 0 Å². The highest BCUT2D eigenvalue weighted by molar-refractivity contribution is 7.09. The number of oxime groups is 1. The normalized spacial score (nSPS) is 16.6. The first-order valence-corrected chi connectivity index (χ1v) is 5.16. The van der Waals surface area contributed by atoms with E-state index in [-0.39, 0.29) is 17.9 Å². The van der Waals surface area contributed by atoms with Gasteiger partial charge in [-0.1, -0.05) is 5.16 Å². The highest BCUT2D eigenvalue weighted by atomic mass is 32.1. The average Bonchev–Trinajstić information content (AvgIpc) is 2.69. The van der Waals surface area contributed by atoms with Gasteiger partial charge in [-0.2, -0.15) is 0 Å². The quantitative estimate of drug-likeness (QED) is 0.301. The van der Waals surface area contributed by atoms with Crippen molar-refractivity contribution < 1.29 is 5.21 Å². The van der Waals surface area contributed by atoms with E-state index in [0.717, 1.165) is 5.01 Å². The van der Waals surface area contributed by atoms with E-state index in [4.69, 9.17) is 10.9 Å². The van der Waals surface area contributed by atoms with Crippen LogP contribution in [0.2, 0.25) is 0 Å². The molecule has 2 unspecified atom stereocenters. The molecule has 4 N–H and O–H groups in total. The topological polar surface area (TPSA) is 83.5 Å². The molecular formula is C8H14N4OS. The molecule has 0 spiro atoms. The maximum absolute atomic E-state index is 8.46. The summed E-state index contributed by atoms with van der Waals surface area (Å²) in [5.74, 6) is 0.174. The minimum absolute atomic E-state index is 0.102. The Kier molecular flexibility index (Phi) is 3.84. The summed E-state index contributed by atoms with van der Waals surface area (Å²) in [5.41, 5.74) is 5.44. The Morgan fingerprint density at radius 2 is 2.43 bits per heavy atom. The zero-order chi connectivity index (χ0) is 10.6. The summed E-state index contributed by atoms with van der Waals surface area (Å²) in [6.45, 7) is 3.82. The van der Waals surface area contributed by atoms with Gasteiger partial charge in [0.2, 0.25) is 0 Å². The van der Waals surface area contributed by atoms with E-state index in [9.17, 15) is 0 Å². The summed E-state index contributed by atoms with van der Waals surface area (Å²) in [5, 5.41) is 17.5. The minimum Gasteiger partial charge on any atom is -0.409 e. The van der Waals surface area contributed by atoms with Gasteiger partial charge in [-0.15, -0.1) is 11.3 Å². The van der Waals surface area contributed by atoms with Crippen molar-refractivity contribution in [3.63, 3.8) is 0 Å². The van der Waals surface area contributed by atoms with Crippen molar-refractivity contribution in [2.45, 2.75) is 25.9 Å². The molecular weight excluding hydrogens is 200 g/mol. The molecule has 0 radical (unpaired) electrons. The van der Waals surface area contributed by atoms with Gasteiger partial charge in [-0.25, -0.2) is 4.98 Å². The smallest absolute Gasteiger partial charge is 0.156 e. The average molecular weight is 214 g/mol. The molecule has 0 bridgehead atoms. The number of aromatic nitrogens is 1. The summed E-state index contributed by atoms with van der Waals surface area (Å²) in [6, 6.07) is -0.0656. The van der Waals surface area contributed by atoms with Crippen LogP contribution in [0.4, 0.5) is 0 Å². The SMILES string of the molecule is CC(NC(C)c1nccs1)C(N)=NO. The summed E-state index contributed by atoms with van der Waals surface area (Å²) >= 11 is 1.58. The molecule has 78 valence electrons. The third-order valence-corrected chi connectivity index (χ3v) is 2.84. The molecule has 2 atom stereocenters. The van der Waals surface area contributed by atoms with Crippen molar-refractivity contribution in [3.8, 4) is 0 Å². The van der Waals surface area contributed by atoms with Crippen LogP contribution in [0.5, 0.6) is 0 Å². The third-order valence-electron chi connectivity index (χ3n) is 1.88. The lowest BCUT2D eigenvalue weighted by Crippen LogP contribution is -2.40. The molecule has 0 aliphatic heterocycles. The number of hydrogen-bond donors (Lipinski definition) is 3. The number of amidine groups is 1. The van der Waals surface area contributed by atoms with Crippen LogP contribution in [0, 0.1) is 0 Å². The molecule has 1 aromatic heterocycles. The Hall–Kier alpha value is -1.14. The molecule has 0 fully saturated rings. The van der Waals surface area contributed by atoms with Gasteiger partial charge in [0.25, 0.3) is 0 Å². The maximum Gasteiger partial charge on any atom is 0.156 e. The minimum atomic E-state index is -0.168. The molecule has 14 heavy (non-hydrogen) atoms. The van der Waals surface area contributed by atoms with E-state index in [1.165, 1.54) is 0 Å². The number of nitrogens with one attached hydrogen (secondary N) is 1. The van der Waals surface area contributed by atoms with E-state index in [1.807, 2.05) is 19.2 Å². The molecule has 1 heterocycles. The number of rotatable bonds is 4. The number of thiazole rings is 1. The van der Waals surface area contributed by atoms with Gasteiger partial charge in [0.15, 0.2) is 5.84 Å². The fourth-order valence-corrected chi connectivity index (χ4v) is 1.72. The summed E-state index contributed by atoms with van der Waals surface area (Å²) in [6.07, 6.45) is 1.76. The molecule has 5 nitrogen and oxygen atoms in total. The van der Waals surface area contributed by atoms with Crippen LogP contribution in [0.1, 0.15) is 24.9 Å². The fraction of sp³-hybridized carbons (Fsp3) is 0.500. The Labute approximate surface area is 86.6 Å². The lowest BCUT2D eigenvalue weighted by Gasteiger charge is -2.16. The standard InChI is InChI=1S/C8H14N4OS/c1-5(7(9)12-13)11-6(2)8-10-3-4-14-8/h3-6,11,13H,1-2H3,(H2,9,12). The Bertz CT molecular complexity index is 298. The lowest BCUT2D eigenvalue weighted by molar-refractivity contribution is 0.314. The molecule has 1 rings (SSSR count). The lowest BCUT2D eigenvalue weighted by atomic mass is 10.2. The van der Waals surface area contributed by atoms with Crippen molar-refractivity contribution in [3.05, 3.63) is 16.6 Å². The van der Waals surface area contributed by atoms with E-state index >= 15 is 0 Å². The molecule has 0 saturated heterocycles. The predicted molar refractivity (Wildman–Crippen MR) is 56.5 cm³/mol. The first-order valence-electron chi connectivity index (χ1n) is 4.28. The van der Waals surface area contributed by atoms with Crippen LogP contribution in [0.3, 0.4) is 0 Å². The second-order valence-electron chi connectivity index (χ2n) is 3.01. The Balaban J connectivity index is 2.53. The second kappa shape index (κ2) is 4.92. The summed E-state index contributed by atoms with van der Waals surface area (Å²) in [4.78, 5) is 4.17. The molecule has 0 amide bonds. The van der Waals surface area contributed by atoms with Gasteiger partial charge in [-0.05, 0) is 13.8 Å². The molecule has 6 heteroatoms. The van der Waals surface area contributed by atoms with Crippen LogP contribution in [-0.2, 0) is 0 Å². The van der Waals surface area contributed by atoms with Gasteiger partial charge in [0.05, 0.1) is 12.1 Å². The number of hydrogen-bond acceptors (Lipinski definition) is 5. The molecule has 0 saturated carbocycles. The first kappa shape index (κ1) is 10.9. The van der Waals surface area contributed by atoms with Crippen LogP contribution in [0.25, 0.3) is 0 Å². The Morgan fingerprint density at radius 1 is 1.71 bits per heavy atom. The largest absolute Gasteiger partial charge is 0.409 e. The van der Waals surface area contributed by atoms with Crippen LogP contribution in [-0.4, -0.2) is 22.1 Å². The zero-order valence-electron chi connectivity index (χ0n) is 8.14. The monoisotopic (exact) mass is 214 g/mol. The van der Waals surface area contributed by atoms with Crippen molar-refractivity contribution in [1.29, 1.82) is 0 Å². The van der Waals surface area contributed by atoms with Gasteiger partial charge < -0.3 is 10.9 Å². The van der Waals surface area contributed by atoms with Crippen LogP contribution >= 0.6 is 11.3 Å². The van der Waals surface area contributed by atoms with Crippen molar-refractivity contribution >= 4 is 17.2 Å². The Morgan fingerprint density at radius 3 is 2.93 bits per heavy atom. The zero-order valence-corrected chi connectivity index (χ0v) is 8.95. The van der Waals surface area contributed by atoms with Gasteiger partial charge in [-0.3, -0.25) is 5.32 Å². The van der Waals surface area contributed by atoms with Crippen LogP contribution < -0.4 is 11.1 Å². The van der Waals surface area contributed by atoms with Gasteiger partial charge in [0, 0.05) is 11.6 Å². The number of nitrogens with two attached hydrogens (primary N) is 1. The van der Waals surface area contributed by atoms with E-state index in [2.05, 4.69) is 15.5 Å². The highest BCUT2D eigenvalue weighted by Crippen LogP contribution is 2.14. The van der Waals surface area contributed by atoms with E-state index < -0.39 is 0 Å². The molecule has 0 aliphatic carbocycles.